The number of nitrogens with zero attached hydrogens (tertiary/aromatic N) is 4. The summed E-state index contributed by atoms with van der Waals surface area (Å²) < 4.78 is 36.1. The van der Waals surface area contributed by atoms with Crippen molar-refractivity contribution in [1.29, 1.82) is 0 Å². The maximum Gasteiger partial charge on any atom is 0.243 e. The first-order chi connectivity index (χ1) is 15.8. The third-order valence-electron chi connectivity index (χ3n) is 5.60. The minimum absolute atomic E-state index is 0.0306. The fraction of sp³-hybridized carbons (Fsp3) is 0.500. The average Bonchev–Trinajstić information content (AvgIpc) is 3.10. The Hall–Kier alpha value is -2.33. The molecule has 0 aliphatic carbocycles. The Morgan fingerprint density at radius 2 is 1.91 bits per heavy atom. The molecule has 0 fully saturated rings. The van der Waals surface area contributed by atoms with Crippen LogP contribution in [0.1, 0.15) is 38.6 Å². The quantitative estimate of drug-likeness (QED) is 0.433. The van der Waals surface area contributed by atoms with E-state index in [-0.39, 0.29) is 30.0 Å². The number of aliphatic hydroxyl groups excluding tert-OH is 1. The lowest BCUT2D eigenvalue weighted by molar-refractivity contribution is 0.0828. The number of ether oxygens (including phenoxy) is 1. The van der Waals surface area contributed by atoms with E-state index >= 15 is 0 Å². The molecule has 9 heteroatoms. The van der Waals surface area contributed by atoms with Gasteiger partial charge in [0.15, 0.2) is 0 Å². The number of aromatic nitrogens is 3. The molecule has 0 saturated heterocycles. The first-order valence-electron chi connectivity index (χ1n) is 11.3. The highest BCUT2D eigenvalue weighted by molar-refractivity contribution is 7.89. The van der Waals surface area contributed by atoms with Crippen LogP contribution in [0.2, 0.25) is 0 Å². The highest BCUT2D eigenvalue weighted by atomic mass is 32.2. The molecule has 0 bridgehead atoms. The van der Waals surface area contributed by atoms with Crippen molar-refractivity contribution in [3.63, 3.8) is 0 Å². The molecule has 8 nitrogen and oxygen atoms in total. The molecule has 0 amide bonds. The number of pyridine rings is 1. The lowest BCUT2D eigenvalue weighted by Gasteiger charge is -2.31. The van der Waals surface area contributed by atoms with Crippen LogP contribution in [0.15, 0.2) is 47.6 Å². The molecule has 3 rings (SSSR count). The van der Waals surface area contributed by atoms with Crippen LogP contribution >= 0.6 is 0 Å². The van der Waals surface area contributed by atoms with Crippen LogP contribution in [0.25, 0.3) is 11.0 Å². The van der Waals surface area contributed by atoms with Crippen LogP contribution in [0.3, 0.4) is 0 Å². The van der Waals surface area contributed by atoms with E-state index in [9.17, 15) is 13.5 Å². The van der Waals surface area contributed by atoms with Gasteiger partial charge < -0.3 is 14.4 Å². The molecule has 2 aromatic heterocycles. The van der Waals surface area contributed by atoms with E-state index in [0.717, 1.165) is 22.4 Å². The van der Waals surface area contributed by atoms with Crippen LogP contribution in [0.5, 0.6) is 0 Å². The summed E-state index contributed by atoms with van der Waals surface area (Å²) in [5.74, 6) is 1.16. The zero-order valence-corrected chi connectivity index (χ0v) is 20.6. The Bertz CT molecular complexity index is 1140. The molecule has 1 aromatic carbocycles. The molecule has 2 heterocycles. The number of fused-ring (bicyclic) bond motifs is 1. The second-order valence-corrected chi connectivity index (χ2v) is 10.4. The molecule has 0 unspecified atom stereocenters. The van der Waals surface area contributed by atoms with Crippen LogP contribution in [-0.2, 0) is 21.3 Å². The predicted molar refractivity (Wildman–Crippen MR) is 129 cm³/mol. The summed E-state index contributed by atoms with van der Waals surface area (Å²) in [4.78, 5) is 8.87. The van der Waals surface area contributed by atoms with Crippen molar-refractivity contribution in [2.45, 2.75) is 51.6 Å². The normalized spacial score (nSPS) is 13.3. The number of aryl methyl sites for hydroxylation is 1. The van der Waals surface area contributed by atoms with Crippen molar-refractivity contribution in [1.82, 2.24) is 18.8 Å². The van der Waals surface area contributed by atoms with Gasteiger partial charge >= 0.3 is 0 Å². The van der Waals surface area contributed by atoms with Gasteiger partial charge in [-0.3, -0.25) is 4.98 Å². The zero-order chi connectivity index (χ0) is 24.0. The number of hydrogen-bond donors (Lipinski definition) is 1. The van der Waals surface area contributed by atoms with E-state index in [1.165, 1.54) is 4.31 Å². The molecule has 3 aromatic rings. The number of benzene rings is 1. The van der Waals surface area contributed by atoms with Crippen LogP contribution in [0, 0.1) is 12.8 Å². The number of aliphatic hydroxyl groups is 1. The van der Waals surface area contributed by atoms with E-state index in [4.69, 9.17) is 4.74 Å². The monoisotopic (exact) mass is 474 g/mol. The van der Waals surface area contributed by atoms with E-state index in [0.29, 0.717) is 26.2 Å². The first-order valence-corrected chi connectivity index (χ1v) is 12.8. The van der Waals surface area contributed by atoms with Crippen molar-refractivity contribution < 1.29 is 18.3 Å². The molecule has 0 saturated carbocycles. The van der Waals surface area contributed by atoms with Gasteiger partial charge in [-0.25, -0.2) is 13.4 Å². The van der Waals surface area contributed by atoms with Crippen molar-refractivity contribution in [2.24, 2.45) is 5.92 Å². The highest BCUT2D eigenvalue weighted by Crippen LogP contribution is 2.23. The standard InChI is InChI=1S/C24H34N4O4S/c1-5-32-17-21(14-18(2)3)28(12-13-29)33(30,31)22-8-6-20(7-9-22)16-27-19(4)26-23-15-25-11-10-24(23)27/h6-11,15,18,21,29H,5,12-14,16-17H2,1-4H3/t21-/m0/s1. The SMILES string of the molecule is CCOC[C@H](CC(C)C)N(CCO)S(=O)(=O)c1ccc(Cn2c(C)nc3cnccc32)cc1. The molecular weight excluding hydrogens is 440 g/mol. The number of rotatable bonds is 12. The summed E-state index contributed by atoms with van der Waals surface area (Å²) in [6.45, 7) is 9.10. The third kappa shape index (κ3) is 5.97. The Morgan fingerprint density at radius 1 is 1.18 bits per heavy atom. The smallest absolute Gasteiger partial charge is 0.243 e. The molecule has 0 radical (unpaired) electrons. The number of imidazole rings is 1. The summed E-state index contributed by atoms with van der Waals surface area (Å²) >= 11 is 0. The van der Waals surface area contributed by atoms with Gasteiger partial charge in [0.05, 0.1) is 29.8 Å². The third-order valence-corrected chi connectivity index (χ3v) is 7.56. The Labute approximate surface area is 196 Å². The van der Waals surface area contributed by atoms with Crippen molar-refractivity contribution in [3.8, 4) is 0 Å². The number of hydrogen-bond acceptors (Lipinski definition) is 6. The molecule has 33 heavy (non-hydrogen) atoms. The fourth-order valence-corrected chi connectivity index (χ4v) is 5.66. The maximum absolute atomic E-state index is 13.5. The van der Waals surface area contributed by atoms with Gasteiger partial charge in [0, 0.05) is 31.9 Å². The molecule has 0 spiro atoms. The van der Waals surface area contributed by atoms with Crippen molar-refractivity contribution in [2.75, 3.05) is 26.4 Å². The van der Waals surface area contributed by atoms with Crippen molar-refractivity contribution >= 4 is 21.1 Å². The van der Waals surface area contributed by atoms with E-state index in [1.807, 2.05) is 32.0 Å². The fourth-order valence-electron chi connectivity index (χ4n) is 4.05. The summed E-state index contributed by atoms with van der Waals surface area (Å²) in [5, 5.41) is 9.60. The Morgan fingerprint density at radius 3 is 2.55 bits per heavy atom. The molecule has 1 atom stereocenters. The summed E-state index contributed by atoms with van der Waals surface area (Å²) in [6, 6.07) is 8.52. The molecule has 0 aliphatic heterocycles. The lowest BCUT2D eigenvalue weighted by Crippen LogP contribution is -2.45. The topological polar surface area (TPSA) is 97.6 Å². The van der Waals surface area contributed by atoms with Gasteiger partial charge in [-0.1, -0.05) is 26.0 Å². The van der Waals surface area contributed by atoms with Crippen molar-refractivity contribution in [3.05, 3.63) is 54.1 Å². The van der Waals surface area contributed by atoms with Gasteiger partial charge in [-0.15, -0.1) is 0 Å². The van der Waals surface area contributed by atoms with Gasteiger partial charge in [0.2, 0.25) is 10.0 Å². The van der Waals surface area contributed by atoms with Crippen LogP contribution < -0.4 is 0 Å². The largest absolute Gasteiger partial charge is 0.395 e. The van der Waals surface area contributed by atoms with E-state index < -0.39 is 10.0 Å². The summed E-state index contributed by atoms with van der Waals surface area (Å²) in [5.41, 5.74) is 2.79. The van der Waals surface area contributed by atoms with Gasteiger partial charge in [-0.05, 0) is 49.9 Å². The molecule has 180 valence electrons. The predicted octanol–water partition coefficient (Wildman–Crippen LogP) is 3.22. The Balaban J connectivity index is 1.86. The summed E-state index contributed by atoms with van der Waals surface area (Å²) in [7, 11) is -3.79. The number of sulfonamides is 1. The second-order valence-electron chi connectivity index (χ2n) is 8.54. The van der Waals surface area contributed by atoms with Gasteiger partial charge in [0.25, 0.3) is 0 Å². The average molecular weight is 475 g/mol. The van der Waals surface area contributed by atoms with Gasteiger partial charge in [0.1, 0.15) is 11.3 Å². The van der Waals surface area contributed by atoms with Crippen LogP contribution in [-0.4, -0.2) is 64.8 Å². The first kappa shape index (κ1) is 25.3. The van der Waals surface area contributed by atoms with Gasteiger partial charge in [-0.2, -0.15) is 4.31 Å². The minimum atomic E-state index is -3.79. The zero-order valence-electron chi connectivity index (χ0n) is 19.8. The highest BCUT2D eigenvalue weighted by Gasteiger charge is 2.31. The van der Waals surface area contributed by atoms with E-state index in [1.54, 1.807) is 24.5 Å². The Kier molecular flexibility index (Phi) is 8.58. The van der Waals surface area contributed by atoms with E-state index in [2.05, 4.69) is 28.4 Å². The second kappa shape index (κ2) is 11.2. The molecule has 0 aliphatic rings. The lowest BCUT2D eigenvalue weighted by atomic mass is 10.0. The summed E-state index contributed by atoms with van der Waals surface area (Å²) in [6.07, 6.45) is 4.13. The van der Waals surface area contributed by atoms with Crippen LogP contribution in [0.4, 0.5) is 0 Å². The maximum atomic E-state index is 13.5. The minimum Gasteiger partial charge on any atom is -0.395 e. The molecule has 1 N–H and O–H groups in total. The molecular formula is C24H34N4O4S.